The summed E-state index contributed by atoms with van der Waals surface area (Å²) in [6.45, 7) is 1.66. The van der Waals surface area contributed by atoms with Gasteiger partial charge in [0.05, 0.1) is 12.8 Å². The Kier molecular flexibility index (Phi) is 4.41. The lowest BCUT2D eigenvalue weighted by molar-refractivity contribution is 0.0729. The van der Waals surface area contributed by atoms with Crippen LogP contribution >= 0.6 is 0 Å². The van der Waals surface area contributed by atoms with Crippen LogP contribution in [0.25, 0.3) is 22.3 Å². The van der Waals surface area contributed by atoms with Crippen LogP contribution in [0.5, 0.6) is 11.5 Å². The number of ether oxygens (including phenoxy) is 2. The molecule has 140 valence electrons. The summed E-state index contributed by atoms with van der Waals surface area (Å²) in [5.41, 5.74) is 1.09. The topological polar surface area (TPSA) is 91.8 Å². The van der Waals surface area contributed by atoms with Crippen molar-refractivity contribution < 1.29 is 23.2 Å². The van der Waals surface area contributed by atoms with Gasteiger partial charge in [-0.05, 0) is 19.1 Å². The largest absolute Gasteiger partial charge is 0.493 e. The second kappa shape index (κ2) is 7.03. The zero-order chi connectivity index (χ0) is 19.7. The van der Waals surface area contributed by atoms with E-state index in [9.17, 15) is 9.59 Å². The van der Waals surface area contributed by atoms with Crippen molar-refractivity contribution in [2.45, 2.75) is 6.92 Å². The standard InChI is InChI=1S/C21H15NO6/c1-12-19(20(28-22-12)13-6-4-3-5-7-13)21(24)27-17-11-15-14(10-16(17)25-2)8-9-18(23)26-15/h3-11H,1-2H3. The van der Waals surface area contributed by atoms with Gasteiger partial charge in [0.15, 0.2) is 17.3 Å². The number of nitrogens with zero attached hydrogens (tertiary/aromatic N) is 1. The Morgan fingerprint density at radius 2 is 1.82 bits per heavy atom. The number of esters is 1. The molecule has 28 heavy (non-hydrogen) atoms. The van der Waals surface area contributed by atoms with Crippen LogP contribution in [0.15, 0.2) is 68.3 Å². The Morgan fingerprint density at radius 3 is 2.57 bits per heavy atom. The number of hydrogen-bond acceptors (Lipinski definition) is 7. The first kappa shape index (κ1) is 17.5. The van der Waals surface area contributed by atoms with Gasteiger partial charge < -0.3 is 18.4 Å². The van der Waals surface area contributed by atoms with E-state index in [1.54, 1.807) is 19.1 Å². The van der Waals surface area contributed by atoms with Gasteiger partial charge in [0.1, 0.15) is 11.1 Å². The molecular weight excluding hydrogens is 362 g/mol. The number of carbonyl (C=O) groups excluding carboxylic acids is 1. The summed E-state index contributed by atoms with van der Waals surface area (Å²) < 4.78 is 21.4. The van der Waals surface area contributed by atoms with Crippen molar-refractivity contribution in [3.05, 3.63) is 76.3 Å². The molecule has 0 saturated heterocycles. The summed E-state index contributed by atoms with van der Waals surface area (Å²) in [5.74, 6) is 0.0990. The van der Waals surface area contributed by atoms with Crippen molar-refractivity contribution in [3.8, 4) is 22.8 Å². The number of aryl methyl sites for hydroxylation is 1. The number of rotatable bonds is 4. The minimum Gasteiger partial charge on any atom is -0.493 e. The van der Waals surface area contributed by atoms with Gasteiger partial charge in [-0.3, -0.25) is 0 Å². The van der Waals surface area contributed by atoms with E-state index >= 15 is 0 Å². The molecule has 0 N–H and O–H groups in total. The van der Waals surface area contributed by atoms with Crippen molar-refractivity contribution in [2.24, 2.45) is 0 Å². The van der Waals surface area contributed by atoms with Crippen LogP contribution in [0.1, 0.15) is 16.1 Å². The van der Waals surface area contributed by atoms with Crippen LogP contribution in [0.2, 0.25) is 0 Å². The van der Waals surface area contributed by atoms with Gasteiger partial charge >= 0.3 is 11.6 Å². The molecule has 0 atom stereocenters. The Morgan fingerprint density at radius 1 is 1.04 bits per heavy atom. The van der Waals surface area contributed by atoms with E-state index in [1.807, 2.05) is 30.3 Å². The number of carbonyl (C=O) groups is 1. The highest BCUT2D eigenvalue weighted by Gasteiger charge is 2.25. The van der Waals surface area contributed by atoms with Crippen LogP contribution in [-0.2, 0) is 0 Å². The lowest BCUT2D eigenvalue weighted by Crippen LogP contribution is -2.11. The molecule has 0 radical (unpaired) electrons. The molecule has 0 saturated carbocycles. The highest BCUT2D eigenvalue weighted by molar-refractivity contribution is 5.98. The number of hydrogen-bond donors (Lipinski definition) is 0. The lowest BCUT2D eigenvalue weighted by atomic mass is 10.1. The predicted molar refractivity (Wildman–Crippen MR) is 101 cm³/mol. The van der Waals surface area contributed by atoms with Gasteiger partial charge in [-0.25, -0.2) is 9.59 Å². The monoisotopic (exact) mass is 377 g/mol. The zero-order valence-corrected chi connectivity index (χ0v) is 15.1. The highest BCUT2D eigenvalue weighted by atomic mass is 16.6. The molecule has 4 rings (SSSR count). The molecular formula is C21H15NO6. The third-order valence-corrected chi connectivity index (χ3v) is 4.21. The Bertz CT molecular complexity index is 1220. The highest BCUT2D eigenvalue weighted by Crippen LogP contribution is 2.34. The van der Waals surface area contributed by atoms with Crippen LogP contribution < -0.4 is 15.1 Å². The van der Waals surface area contributed by atoms with Gasteiger partial charge in [0.2, 0.25) is 0 Å². The first-order valence-electron chi connectivity index (χ1n) is 8.42. The SMILES string of the molecule is COc1cc2ccc(=O)oc2cc1OC(=O)c1c(C)noc1-c1ccccc1. The Hall–Kier alpha value is -3.87. The summed E-state index contributed by atoms with van der Waals surface area (Å²) >= 11 is 0. The van der Waals surface area contributed by atoms with E-state index in [4.69, 9.17) is 18.4 Å². The molecule has 7 heteroatoms. The molecule has 0 fully saturated rings. The van der Waals surface area contributed by atoms with E-state index in [-0.39, 0.29) is 16.9 Å². The fourth-order valence-electron chi connectivity index (χ4n) is 2.86. The normalized spacial score (nSPS) is 10.8. The maximum Gasteiger partial charge on any atom is 0.349 e. The molecule has 0 unspecified atom stereocenters. The summed E-state index contributed by atoms with van der Waals surface area (Å²) in [4.78, 5) is 24.4. The Labute approximate surface area is 159 Å². The molecule has 2 heterocycles. The van der Waals surface area contributed by atoms with Crippen LogP contribution in [0.4, 0.5) is 0 Å². The third-order valence-electron chi connectivity index (χ3n) is 4.21. The smallest absolute Gasteiger partial charge is 0.349 e. The zero-order valence-electron chi connectivity index (χ0n) is 15.1. The van der Waals surface area contributed by atoms with Crippen molar-refractivity contribution >= 4 is 16.9 Å². The fourth-order valence-corrected chi connectivity index (χ4v) is 2.86. The molecule has 4 aromatic rings. The molecule has 0 bridgehead atoms. The lowest BCUT2D eigenvalue weighted by Gasteiger charge is -2.10. The van der Waals surface area contributed by atoms with Crippen molar-refractivity contribution in [3.63, 3.8) is 0 Å². The summed E-state index contributed by atoms with van der Waals surface area (Å²) in [6.07, 6.45) is 0. The minimum absolute atomic E-state index is 0.119. The maximum absolute atomic E-state index is 12.9. The number of aromatic nitrogens is 1. The summed E-state index contributed by atoms with van der Waals surface area (Å²) in [7, 11) is 1.46. The van der Waals surface area contributed by atoms with Gasteiger partial charge in [-0.1, -0.05) is 35.5 Å². The number of methoxy groups -OCH3 is 1. The van der Waals surface area contributed by atoms with E-state index in [0.717, 1.165) is 0 Å². The minimum atomic E-state index is -0.659. The average molecular weight is 377 g/mol. The van der Waals surface area contributed by atoms with Gasteiger partial charge in [0.25, 0.3) is 0 Å². The van der Waals surface area contributed by atoms with Gasteiger partial charge in [-0.2, -0.15) is 0 Å². The van der Waals surface area contributed by atoms with Crippen LogP contribution in [0.3, 0.4) is 0 Å². The van der Waals surface area contributed by atoms with E-state index in [2.05, 4.69) is 5.16 Å². The number of benzene rings is 2. The second-order valence-corrected chi connectivity index (χ2v) is 6.02. The first-order chi connectivity index (χ1) is 13.6. The van der Waals surface area contributed by atoms with Crippen LogP contribution in [0, 0.1) is 6.92 Å². The molecule has 2 aromatic heterocycles. The second-order valence-electron chi connectivity index (χ2n) is 6.02. The number of fused-ring (bicyclic) bond motifs is 1. The van der Waals surface area contributed by atoms with Crippen LogP contribution in [-0.4, -0.2) is 18.2 Å². The fraction of sp³-hybridized carbons (Fsp3) is 0.0952. The maximum atomic E-state index is 12.9. The van der Waals surface area contributed by atoms with Crippen molar-refractivity contribution in [1.82, 2.24) is 5.16 Å². The van der Waals surface area contributed by atoms with Gasteiger partial charge in [0, 0.05) is 23.1 Å². The predicted octanol–water partition coefficient (Wildman–Crippen LogP) is 3.98. The molecule has 0 amide bonds. The summed E-state index contributed by atoms with van der Waals surface area (Å²) in [5, 5.41) is 4.53. The Balaban J connectivity index is 1.75. The quantitative estimate of drug-likeness (QED) is 0.302. The summed E-state index contributed by atoms with van der Waals surface area (Å²) in [6, 6.07) is 15.1. The first-order valence-corrected chi connectivity index (χ1v) is 8.42. The van der Waals surface area contributed by atoms with Crippen molar-refractivity contribution in [1.29, 1.82) is 0 Å². The molecule has 7 nitrogen and oxygen atoms in total. The van der Waals surface area contributed by atoms with E-state index < -0.39 is 11.6 Å². The van der Waals surface area contributed by atoms with Gasteiger partial charge in [-0.15, -0.1) is 0 Å². The van der Waals surface area contributed by atoms with E-state index in [1.165, 1.54) is 19.2 Å². The average Bonchev–Trinajstić information content (AvgIpc) is 3.09. The molecule has 0 aliphatic carbocycles. The molecule has 0 aliphatic heterocycles. The van der Waals surface area contributed by atoms with Crippen molar-refractivity contribution in [2.75, 3.05) is 7.11 Å². The molecule has 2 aromatic carbocycles. The third kappa shape index (κ3) is 3.14. The molecule has 0 spiro atoms. The molecule has 0 aliphatic rings. The van der Waals surface area contributed by atoms with E-state index in [0.29, 0.717) is 28.2 Å².